The van der Waals surface area contributed by atoms with Gasteiger partial charge in [0.15, 0.2) is 0 Å². The number of thiophene rings is 1. The van der Waals surface area contributed by atoms with E-state index < -0.39 is 0 Å². The maximum absolute atomic E-state index is 12.5. The first-order valence-corrected chi connectivity index (χ1v) is 10.5. The summed E-state index contributed by atoms with van der Waals surface area (Å²) in [5, 5.41) is 5.25. The molecule has 1 fully saturated rings. The van der Waals surface area contributed by atoms with Crippen LogP contribution in [0.3, 0.4) is 0 Å². The van der Waals surface area contributed by atoms with E-state index in [1.807, 2.05) is 11.4 Å². The molecule has 2 aromatic rings. The Morgan fingerprint density at radius 3 is 2.38 bits per heavy atom. The van der Waals surface area contributed by atoms with Gasteiger partial charge in [-0.25, -0.2) is 0 Å². The summed E-state index contributed by atoms with van der Waals surface area (Å²) in [5.41, 5.74) is 4.62. The molecule has 0 aliphatic heterocycles. The number of aryl methyl sites for hydroxylation is 3. The molecule has 3 rings (SSSR count). The van der Waals surface area contributed by atoms with E-state index in [1.54, 1.807) is 0 Å². The number of hydrogen-bond donors (Lipinski definition) is 1. The molecule has 0 unspecified atom stereocenters. The van der Waals surface area contributed by atoms with Crippen LogP contribution in [-0.4, -0.2) is 11.9 Å². The molecular weight excluding hydrogens is 342 g/mol. The largest absolute Gasteiger partial charge is 0.488 e. The molecule has 0 spiro atoms. The van der Waals surface area contributed by atoms with E-state index in [1.165, 1.54) is 42.6 Å². The highest BCUT2D eigenvalue weighted by Crippen LogP contribution is 2.26. The number of carbonyl (C=O) groups is 1. The average molecular weight is 372 g/mol. The minimum Gasteiger partial charge on any atom is -0.488 e. The van der Waals surface area contributed by atoms with Crippen LogP contribution < -0.4 is 10.1 Å². The van der Waals surface area contributed by atoms with Crippen molar-refractivity contribution >= 4 is 17.2 Å². The summed E-state index contributed by atoms with van der Waals surface area (Å²) in [4.78, 5) is 13.3. The van der Waals surface area contributed by atoms with Crippen LogP contribution in [-0.2, 0) is 6.61 Å². The normalized spacial score (nSPS) is 15.5. The number of carbonyl (C=O) groups excluding carboxylic acids is 1. The van der Waals surface area contributed by atoms with Gasteiger partial charge in [-0.2, -0.15) is 0 Å². The number of ether oxygens (including phenoxy) is 1. The Bertz CT molecular complexity index is 734. The maximum Gasteiger partial charge on any atom is 0.261 e. The molecule has 3 nitrogen and oxygen atoms in total. The molecule has 1 N–H and O–H groups in total. The lowest BCUT2D eigenvalue weighted by molar-refractivity contribution is 0.0937. The monoisotopic (exact) mass is 371 g/mol. The summed E-state index contributed by atoms with van der Waals surface area (Å²) in [7, 11) is 0. The van der Waals surface area contributed by atoms with Crippen molar-refractivity contribution in [2.45, 2.75) is 71.9 Å². The number of benzene rings is 1. The molecule has 26 heavy (non-hydrogen) atoms. The van der Waals surface area contributed by atoms with Gasteiger partial charge < -0.3 is 10.1 Å². The molecule has 1 aromatic carbocycles. The lowest BCUT2D eigenvalue weighted by atomic mass is 10.1. The van der Waals surface area contributed by atoms with Gasteiger partial charge in [-0.15, -0.1) is 11.3 Å². The first-order chi connectivity index (χ1) is 12.5. The van der Waals surface area contributed by atoms with Gasteiger partial charge in [0.1, 0.15) is 12.4 Å². The van der Waals surface area contributed by atoms with Crippen LogP contribution in [0.4, 0.5) is 0 Å². The van der Waals surface area contributed by atoms with Crippen molar-refractivity contribution in [1.29, 1.82) is 0 Å². The Morgan fingerprint density at radius 2 is 1.73 bits per heavy atom. The van der Waals surface area contributed by atoms with Gasteiger partial charge >= 0.3 is 0 Å². The number of hydrogen-bond acceptors (Lipinski definition) is 3. The van der Waals surface area contributed by atoms with E-state index >= 15 is 0 Å². The fraction of sp³-hybridized carbons (Fsp3) is 0.500. The highest BCUT2D eigenvalue weighted by molar-refractivity contribution is 7.12. The van der Waals surface area contributed by atoms with Crippen LogP contribution in [0.15, 0.2) is 23.6 Å². The fourth-order valence-electron chi connectivity index (χ4n) is 3.80. The van der Waals surface area contributed by atoms with Gasteiger partial charge in [0.2, 0.25) is 0 Å². The predicted octanol–water partition coefficient (Wildman–Crippen LogP) is 5.70. The van der Waals surface area contributed by atoms with Gasteiger partial charge in [-0.1, -0.05) is 43.4 Å². The molecule has 0 radical (unpaired) electrons. The molecule has 140 valence electrons. The molecule has 1 aliphatic rings. The molecule has 0 atom stereocenters. The Labute approximate surface area is 160 Å². The van der Waals surface area contributed by atoms with E-state index in [0.717, 1.165) is 40.2 Å². The third-order valence-electron chi connectivity index (χ3n) is 5.06. The molecule has 0 bridgehead atoms. The van der Waals surface area contributed by atoms with Crippen LogP contribution in [0.5, 0.6) is 5.75 Å². The molecule has 0 saturated heterocycles. The second kappa shape index (κ2) is 8.72. The highest BCUT2D eigenvalue weighted by atomic mass is 32.1. The van der Waals surface area contributed by atoms with Crippen molar-refractivity contribution in [3.05, 3.63) is 50.7 Å². The van der Waals surface area contributed by atoms with Crippen molar-refractivity contribution in [1.82, 2.24) is 5.32 Å². The third kappa shape index (κ3) is 4.88. The van der Waals surface area contributed by atoms with Crippen molar-refractivity contribution in [3.8, 4) is 5.75 Å². The molecule has 1 saturated carbocycles. The SMILES string of the molecule is Cc1cc(C)c(OCc2csc(C(=O)NC3CCCCCC3)c2)c(C)c1. The number of amides is 1. The standard InChI is InChI=1S/C22H29NO2S/c1-15-10-16(2)21(17(3)11-15)25-13-18-12-20(26-14-18)22(24)23-19-8-6-4-5-7-9-19/h10-12,14,19H,4-9,13H2,1-3H3,(H,23,24). The lowest BCUT2D eigenvalue weighted by Crippen LogP contribution is -2.33. The minimum atomic E-state index is 0.0656. The molecule has 1 amide bonds. The summed E-state index contributed by atoms with van der Waals surface area (Å²) in [5.74, 6) is 1.02. The Hall–Kier alpha value is -1.81. The maximum atomic E-state index is 12.5. The van der Waals surface area contributed by atoms with Gasteiger partial charge in [0.05, 0.1) is 4.88 Å². The zero-order valence-corrected chi connectivity index (χ0v) is 16.9. The van der Waals surface area contributed by atoms with Crippen LogP contribution >= 0.6 is 11.3 Å². The smallest absolute Gasteiger partial charge is 0.261 e. The lowest BCUT2D eigenvalue weighted by Gasteiger charge is -2.15. The number of nitrogens with one attached hydrogen (secondary N) is 1. The zero-order valence-electron chi connectivity index (χ0n) is 16.1. The fourth-order valence-corrected chi connectivity index (χ4v) is 4.60. The predicted molar refractivity (Wildman–Crippen MR) is 108 cm³/mol. The minimum absolute atomic E-state index is 0.0656. The first-order valence-electron chi connectivity index (χ1n) is 9.62. The van der Waals surface area contributed by atoms with Crippen molar-refractivity contribution in [2.24, 2.45) is 0 Å². The third-order valence-corrected chi connectivity index (χ3v) is 6.03. The van der Waals surface area contributed by atoms with Crippen LogP contribution in [0.25, 0.3) is 0 Å². The van der Waals surface area contributed by atoms with E-state index in [0.29, 0.717) is 12.6 Å². The summed E-state index contributed by atoms with van der Waals surface area (Å²) < 4.78 is 6.04. The van der Waals surface area contributed by atoms with Crippen molar-refractivity contribution in [2.75, 3.05) is 0 Å². The van der Waals surface area contributed by atoms with Gasteiger partial charge in [-0.05, 0) is 56.2 Å². The van der Waals surface area contributed by atoms with E-state index in [-0.39, 0.29) is 5.91 Å². The Morgan fingerprint density at radius 1 is 1.08 bits per heavy atom. The van der Waals surface area contributed by atoms with E-state index in [4.69, 9.17) is 4.74 Å². The average Bonchev–Trinajstić information content (AvgIpc) is 2.91. The van der Waals surface area contributed by atoms with Crippen LogP contribution in [0, 0.1) is 20.8 Å². The quantitative estimate of drug-likeness (QED) is 0.684. The van der Waals surface area contributed by atoms with Gasteiger partial charge in [-0.3, -0.25) is 4.79 Å². The summed E-state index contributed by atoms with van der Waals surface area (Å²) >= 11 is 1.51. The molecule has 1 heterocycles. The van der Waals surface area contributed by atoms with Gasteiger partial charge in [0.25, 0.3) is 5.91 Å². The second-order valence-corrected chi connectivity index (χ2v) is 8.41. The topological polar surface area (TPSA) is 38.3 Å². The van der Waals surface area contributed by atoms with Crippen LogP contribution in [0.2, 0.25) is 0 Å². The van der Waals surface area contributed by atoms with Gasteiger partial charge in [0, 0.05) is 11.6 Å². The molecule has 1 aliphatic carbocycles. The molecular formula is C22H29NO2S. The van der Waals surface area contributed by atoms with E-state index in [9.17, 15) is 4.79 Å². The molecule has 4 heteroatoms. The van der Waals surface area contributed by atoms with Crippen molar-refractivity contribution < 1.29 is 9.53 Å². The van der Waals surface area contributed by atoms with Crippen LogP contribution in [0.1, 0.15) is 70.5 Å². The zero-order chi connectivity index (χ0) is 18.5. The Balaban J connectivity index is 1.58. The second-order valence-electron chi connectivity index (χ2n) is 7.50. The summed E-state index contributed by atoms with van der Waals surface area (Å²) in [6.07, 6.45) is 7.26. The number of rotatable bonds is 5. The molecule has 1 aromatic heterocycles. The first kappa shape index (κ1) is 19.0. The van der Waals surface area contributed by atoms with E-state index in [2.05, 4.69) is 38.2 Å². The van der Waals surface area contributed by atoms with Crippen molar-refractivity contribution in [3.63, 3.8) is 0 Å². The summed E-state index contributed by atoms with van der Waals surface area (Å²) in [6, 6.07) is 6.59. The summed E-state index contributed by atoms with van der Waals surface area (Å²) in [6.45, 7) is 6.75. The highest BCUT2D eigenvalue weighted by Gasteiger charge is 2.17. The Kier molecular flexibility index (Phi) is 6.36.